The predicted molar refractivity (Wildman–Crippen MR) is 120 cm³/mol. The van der Waals surface area contributed by atoms with Crippen molar-refractivity contribution >= 4 is 40.5 Å². The van der Waals surface area contributed by atoms with Gasteiger partial charge in [0.15, 0.2) is 5.01 Å². The molecule has 0 unspecified atom stereocenters. The topological polar surface area (TPSA) is 101 Å². The Morgan fingerprint density at radius 1 is 1.06 bits per heavy atom. The van der Waals surface area contributed by atoms with Crippen LogP contribution in [0.3, 0.4) is 0 Å². The van der Waals surface area contributed by atoms with Crippen molar-refractivity contribution in [3.05, 3.63) is 69.7 Å². The van der Waals surface area contributed by atoms with E-state index >= 15 is 0 Å². The number of hydrogen-bond acceptors (Lipinski definition) is 7. The first-order valence-electron chi connectivity index (χ1n) is 10.1. The number of esters is 1. The van der Waals surface area contributed by atoms with E-state index in [1.165, 1.54) is 0 Å². The van der Waals surface area contributed by atoms with E-state index in [0.717, 1.165) is 28.2 Å². The van der Waals surface area contributed by atoms with Gasteiger partial charge in [0.2, 0.25) is 10.9 Å². The van der Waals surface area contributed by atoms with Crippen molar-refractivity contribution < 1.29 is 19.1 Å². The fourth-order valence-corrected chi connectivity index (χ4v) is 3.96. The largest absolute Gasteiger partial charge is 0.458 e. The molecule has 0 bridgehead atoms. The number of aryl methyl sites for hydroxylation is 2. The van der Waals surface area contributed by atoms with Gasteiger partial charge in [-0.15, -0.1) is 10.2 Å². The maximum Gasteiger partial charge on any atom is 0.311 e. The molecule has 1 aliphatic rings. The standard InChI is InChI=1S/C23H22N4O4S/c1-14-3-7-17(8-4-14)24-21(29)22-26-25-19(32-22)13-31-23(30)16-11-20(28)27(12-16)18-9-5-15(2)6-10-18/h3-10,16H,11-13H2,1-2H3,(H,24,29)/t16-/m1/s1. The third-order valence-electron chi connectivity index (χ3n) is 5.11. The van der Waals surface area contributed by atoms with E-state index in [1.54, 1.807) is 17.0 Å². The molecule has 164 valence electrons. The molecule has 2 amide bonds. The first-order valence-corrected chi connectivity index (χ1v) is 10.9. The lowest BCUT2D eigenvalue weighted by Crippen LogP contribution is -2.26. The van der Waals surface area contributed by atoms with Crippen LogP contribution in [0, 0.1) is 19.8 Å². The molecule has 2 heterocycles. The van der Waals surface area contributed by atoms with E-state index in [0.29, 0.717) is 10.7 Å². The van der Waals surface area contributed by atoms with Crippen molar-refractivity contribution in [1.29, 1.82) is 0 Å². The normalized spacial score (nSPS) is 15.6. The number of rotatable bonds is 6. The van der Waals surface area contributed by atoms with Crippen LogP contribution in [-0.2, 0) is 20.9 Å². The Morgan fingerprint density at radius 3 is 2.41 bits per heavy atom. The Balaban J connectivity index is 1.30. The predicted octanol–water partition coefficient (Wildman–Crippen LogP) is 3.50. The number of hydrogen-bond donors (Lipinski definition) is 1. The van der Waals surface area contributed by atoms with Crippen LogP contribution in [-0.4, -0.2) is 34.5 Å². The molecule has 1 atom stereocenters. The van der Waals surface area contributed by atoms with Gasteiger partial charge in [0.05, 0.1) is 5.92 Å². The van der Waals surface area contributed by atoms with E-state index in [2.05, 4.69) is 15.5 Å². The summed E-state index contributed by atoms with van der Waals surface area (Å²) in [5, 5.41) is 11.2. The number of carbonyl (C=O) groups is 3. The molecule has 0 radical (unpaired) electrons. The lowest BCUT2D eigenvalue weighted by atomic mass is 10.1. The highest BCUT2D eigenvalue weighted by Gasteiger charge is 2.36. The molecule has 1 saturated heterocycles. The lowest BCUT2D eigenvalue weighted by molar-refractivity contribution is -0.149. The molecule has 4 rings (SSSR count). The number of nitrogens with one attached hydrogen (secondary N) is 1. The van der Waals surface area contributed by atoms with E-state index in [9.17, 15) is 14.4 Å². The second-order valence-corrected chi connectivity index (χ2v) is 8.73. The average molecular weight is 451 g/mol. The first kappa shape index (κ1) is 21.6. The van der Waals surface area contributed by atoms with Gasteiger partial charge in [-0.25, -0.2) is 0 Å². The third-order valence-corrected chi connectivity index (χ3v) is 6.01. The van der Waals surface area contributed by atoms with Crippen molar-refractivity contribution in [3.63, 3.8) is 0 Å². The second kappa shape index (κ2) is 9.27. The number of nitrogens with zero attached hydrogens (tertiary/aromatic N) is 3. The molecule has 1 fully saturated rings. The molecule has 1 aliphatic heterocycles. The Kier molecular flexibility index (Phi) is 6.27. The molecule has 0 aliphatic carbocycles. The number of amides is 2. The minimum Gasteiger partial charge on any atom is -0.458 e. The molecule has 8 nitrogen and oxygen atoms in total. The van der Waals surface area contributed by atoms with E-state index < -0.39 is 11.9 Å². The molecule has 1 aromatic heterocycles. The Bertz CT molecular complexity index is 1140. The molecule has 3 aromatic rings. The third kappa shape index (κ3) is 5.00. The SMILES string of the molecule is Cc1ccc(NC(=O)c2nnc(COC(=O)[C@@H]3CC(=O)N(c4ccc(C)cc4)C3)s2)cc1. The summed E-state index contributed by atoms with van der Waals surface area (Å²) in [5.74, 6) is -1.49. The van der Waals surface area contributed by atoms with Gasteiger partial charge in [0, 0.05) is 24.3 Å². The highest BCUT2D eigenvalue weighted by Crippen LogP contribution is 2.26. The summed E-state index contributed by atoms with van der Waals surface area (Å²) in [5.41, 5.74) is 3.62. The number of ether oxygens (including phenoxy) is 1. The lowest BCUT2D eigenvalue weighted by Gasteiger charge is -2.16. The van der Waals surface area contributed by atoms with Crippen molar-refractivity contribution in [2.24, 2.45) is 5.92 Å². The van der Waals surface area contributed by atoms with Crippen LogP contribution in [0.4, 0.5) is 11.4 Å². The monoisotopic (exact) mass is 450 g/mol. The van der Waals surface area contributed by atoms with Gasteiger partial charge < -0.3 is 15.0 Å². The fraction of sp³-hybridized carbons (Fsp3) is 0.261. The second-order valence-electron chi connectivity index (χ2n) is 7.67. The summed E-state index contributed by atoms with van der Waals surface area (Å²) in [6.07, 6.45) is 0.104. The molecular formula is C23H22N4O4S. The van der Waals surface area contributed by atoms with Crippen LogP contribution < -0.4 is 10.2 Å². The van der Waals surface area contributed by atoms with Gasteiger partial charge in [-0.05, 0) is 38.1 Å². The highest BCUT2D eigenvalue weighted by molar-refractivity contribution is 7.13. The van der Waals surface area contributed by atoms with Crippen LogP contribution in [0.25, 0.3) is 0 Å². The highest BCUT2D eigenvalue weighted by atomic mass is 32.1. The van der Waals surface area contributed by atoms with Crippen LogP contribution >= 0.6 is 11.3 Å². The minimum absolute atomic E-state index is 0.0937. The molecule has 2 aromatic carbocycles. The van der Waals surface area contributed by atoms with Crippen LogP contribution in [0.5, 0.6) is 0 Å². The Hall–Kier alpha value is -3.59. The quantitative estimate of drug-likeness (QED) is 0.577. The number of anilines is 2. The molecule has 32 heavy (non-hydrogen) atoms. The zero-order valence-corrected chi connectivity index (χ0v) is 18.5. The maximum atomic E-state index is 12.5. The molecule has 0 spiro atoms. The summed E-state index contributed by atoms with van der Waals surface area (Å²) >= 11 is 1.06. The van der Waals surface area contributed by atoms with E-state index in [1.807, 2.05) is 50.2 Å². The van der Waals surface area contributed by atoms with Gasteiger partial charge in [-0.2, -0.15) is 0 Å². The van der Waals surface area contributed by atoms with Crippen molar-refractivity contribution in [2.75, 3.05) is 16.8 Å². The van der Waals surface area contributed by atoms with Crippen LogP contribution in [0.2, 0.25) is 0 Å². The summed E-state index contributed by atoms with van der Waals surface area (Å²) < 4.78 is 5.35. The summed E-state index contributed by atoms with van der Waals surface area (Å²) in [6, 6.07) is 15.0. The summed E-state index contributed by atoms with van der Waals surface area (Å²) in [6.45, 7) is 4.12. The summed E-state index contributed by atoms with van der Waals surface area (Å²) in [4.78, 5) is 38.8. The molecule has 9 heteroatoms. The zero-order valence-electron chi connectivity index (χ0n) is 17.7. The van der Waals surface area contributed by atoms with Gasteiger partial charge >= 0.3 is 5.97 Å². The van der Waals surface area contributed by atoms with Gasteiger partial charge in [0.25, 0.3) is 5.91 Å². The molecule has 1 N–H and O–H groups in total. The average Bonchev–Trinajstić information content (AvgIpc) is 3.41. The molecular weight excluding hydrogens is 428 g/mol. The van der Waals surface area contributed by atoms with Crippen LogP contribution in [0.15, 0.2) is 48.5 Å². The van der Waals surface area contributed by atoms with Gasteiger partial charge in [-0.3, -0.25) is 14.4 Å². The minimum atomic E-state index is -0.541. The van der Waals surface area contributed by atoms with Crippen molar-refractivity contribution in [1.82, 2.24) is 10.2 Å². The van der Waals surface area contributed by atoms with Crippen LogP contribution in [0.1, 0.15) is 32.4 Å². The Labute approximate surface area is 189 Å². The first-order chi connectivity index (χ1) is 15.4. The van der Waals surface area contributed by atoms with E-state index in [4.69, 9.17) is 4.74 Å². The maximum absolute atomic E-state index is 12.5. The molecule has 0 saturated carbocycles. The van der Waals surface area contributed by atoms with Crippen molar-refractivity contribution in [3.8, 4) is 0 Å². The number of carbonyl (C=O) groups excluding carboxylic acids is 3. The van der Waals surface area contributed by atoms with Gasteiger partial charge in [-0.1, -0.05) is 46.7 Å². The Morgan fingerprint density at radius 2 is 1.72 bits per heavy atom. The van der Waals surface area contributed by atoms with Crippen molar-refractivity contribution in [2.45, 2.75) is 26.9 Å². The number of aromatic nitrogens is 2. The smallest absolute Gasteiger partial charge is 0.311 e. The van der Waals surface area contributed by atoms with E-state index in [-0.39, 0.29) is 36.4 Å². The fourth-order valence-electron chi connectivity index (χ4n) is 3.32. The zero-order chi connectivity index (χ0) is 22.7. The number of benzene rings is 2. The summed E-state index contributed by atoms with van der Waals surface area (Å²) in [7, 11) is 0. The van der Waals surface area contributed by atoms with Gasteiger partial charge in [0.1, 0.15) is 6.61 Å².